The van der Waals surface area contributed by atoms with Gasteiger partial charge in [-0.25, -0.2) is 0 Å². The van der Waals surface area contributed by atoms with Gasteiger partial charge in [-0.3, -0.25) is 9.59 Å². The summed E-state index contributed by atoms with van der Waals surface area (Å²) in [4.78, 5) is 29.3. The highest BCUT2D eigenvalue weighted by molar-refractivity contribution is 5.94. The Morgan fingerprint density at radius 1 is 0.931 bits per heavy atom. The molecular weight excluding hydrogens is 366 g/mol. The Morgan fingerprint density at radius 2 is 1.66 bits per heavy atom. The second-order valence-electron chi connectivity index (χ2n) is 7.34. The highest BCUT2D eigenvalue weighted by atomic mass is 16.5. The summed E-state index contributed by atoms with van der Waals surface area (Å²) in [6.45, 7) is 4.52. The monoisotopic (exact) mass is 391 g/mol. The number of carbonyl (C=O) groups is 2. The maximum atomic E-state index is 12.9. The maximum absolute atomic E-state index is 12.9. The van der Waals surface area contributed by atoms with Gasteiger partial charge in [0.15, 0.2) is 0 Å². The molecule has 6 heteroatoms. The highest BCUT2D eigenvalue weighted by Crippen LogP contribution is 2.20. The normalized spacial score (nSPS) is 14.3. The van der Waals surface area contributed by atoms with Crippen LogP contribution in [-0.4, -0.2) is 59.5 Å². The summed E-state index contributed by atoms with van der Waals surface area (Å²) in [6.07, 6.45) is 0. The van der Waals surface area contributed by atoms with Crippen LogP contribution in [0.1, 0.15) is 16.1 Å². The van der Waals surface area contributed by atoms with Crippen molar-refractivity contribution < 1.29 is 14.3 Å². The van der Waals surface area contributed by atoms with Crippen molar-refractivity contribution in [2.24, 2.45) is 0 Å². The van der Waals surface area contributed by atoms with Gasteiger partial charge in [-0.05, 0) is 42.6 Å². The zero-order valence-electron chi connectivity index (χ0n) is 16.8. The Hall–Kier alpha value is -3.28. The van der Waals surface area contributed by atoms with Gasteiger partial charge in [0.2, 0.25) is 5.91 Å². The quantitative estimate of drug-likeness (QED) is 0.687. The molecule has 1 saturated heterocycles. The maximum Gasteiger partial charge on any atom is 0.254 e. The minimum absolute atomic E-state index is 0.0248. The van der Waals surface area contributed by atoms with E-state index in [1.807, 2.05) is 42.2 Å². The molecule has 0 bridgehead atoms. The number of methoxy groups -OCH3 is 1. The predicted octanol–water partition coefficient (Wildman–Crippen LogP) is 2.94. The first kappa shape index (κ1) is 19.1. The SMILES string of the molecule is COc1cccc(C(=O)N2CCN(C(=O)Cn3c(C)cc4ccccc43)CC2)c1. The molecular formula is C23H25N3O3. The fourth-order valence-corrected chi connectivity index (χ4v) is 3.89. The van der Waals surface area contributed by atoms with Crippen LogP contribution in [0.4, 0.5) is 0 Å². The molecule has 0 saturated carbocycles. The zero-order valence-corrected chi connectivity index (χ0v) is 16.8. The van der Waals surface area contributed by atoms with Crippen molar-refractivity contribution in [1.29, 1.82) is 0 Å². The lowest BCUT2D eigenvalue weighted by atomic mass is 10.1. The fraction of sp³-hybridized carbons (Fsp3) is 0.304. The number of hydrogen-bond donors (Lipinski definition) is 0. The molecule has 2 aromatic carbocycles. The van der Waals surface area contributed by atoms with Gasteiger partial charge in [0.1, 0.15) is 12.3 Å². The second kappa shape index (κ2) is 7.99. The molecule has 1 fully saturated rings. The number of amides is 2. The summed E-state index contributed by atoms with van der Waals surface area (Å²) in [7, 11) is 1.59. The number of ether oxygens (including phenoxy) is 1. The third kappa shape index (κ3) is 3.83. The molecule has 0 aliphatic carbocycles. The average molecular weight is 391 g/mol. The third-order valence-electron chi connectivity index (χ3n) is 5.55. The van der Waals surface area contributed by atoms with Gasteiger partial charge in [0, 0.05) is 43.0 Å². The molecule has 29 heavy (non-hydrogen) atoms. The molecule has 1 aromatic heterocycles. The van der Waals surface area contributed by atoms with Crippen molar-refractivity contribution >= 4 is 22.7 Å². The number of nitrogens with zero attached hydrogens (tertiary/aromatic N) is 3. The molecule has 2 amide bonds. The number of hydrogen-bond acceptors (Lipinski definition) is 3. The van der Waals surface area contributed by atoms with Crippen LogP contribution in [0.25, 0.3) is 10.9 Å². The molecule has 3 aromatic rings. The molecule has 2 heterocycles. The van der Waals surface area contributed by atoms with Crippen LogP contribution in [0.3, 0.4) is 0 Å². The van der Waals surface area contributed by atoms with Crippen molar-refractivity contribution in [2.75, 3.05) is 33.3 Å². The molecule has 150 valence electrons. The van der Waals surface area contributed by atoms with E-state index in [9.17, 15) is 9.59 Å². The van der Waals surface area contributed by atoms with E-state index in [1.54, 1.807) is 24.1 Å². The Morgan fingerprint density at radius 3 is 2.41 bits per heavy atom. The van der Waals surface area contributed by atoms with Gasteiger partial charge in [-0.2, -0.15) is 0 Å². The highest BCUT2D eigenvalue weighted by Gasteiger charge is 2.25. The Kier molecular flexibility index (Phi) is 5.25. The molecule has 0 spiro atoms. The number of fused-ring (bicyclic) bond motifs is 1. The number of aryl methyl sites for hydroxylation is 1. The van der Waals surface area contributed by atoms with Gasteiger partial charge >= 0.3 is 0 Å². The van der Waals surface area contributed by atoms with Gasteiger partial charge in [-0.1, -0.05) is 24.3 Å². The molecule has 0 radical (unpaired) electrons. The molecule has 4 rings (SSSR count). The van der Waals surface area contributed by atoms with E-state index < -0.39 is 0 Å². The van der Waals surface area contributed by atoms with E-state index in [-0.39, 0.29) is 11.8 Å². The van der Waals surface area contributed by atoms with Crippen LogP contribution in [-0.2, 0) is 11.3 Å². The van der Waals surface area contributed by atoms with Crippen molar-refractivity contribution in [3.63, 3.8) is 0 Å². The minimum Gasteiger partial charge on any atom is -0.497 e. The van der Waals surface area contributed by atoms with E-state index in [0.29, 0.717) is 44.0 Å². The number of benzene rings is 2. The first-order valence-corrected chi connectivity index (χ1v) is 9.83. The van der Waals surface area contributed by atoms with Crippen molar-refractivity contribution in [2.45, 2.75) is 13.5 Å². The van der Waals surface area contributed by atoms with Gasteiger partial charge in [0.05, 0.1) is 7.11 Å². The summed E-state index contributed by atoms with van der Waals surface area (Å²) in [5.74, 6) is 0.727. The molecule has 0 unspecified atom stereocenters. The molecule has 0 atom stereocenters. The lowest BCUT2D eigenvalue weighted by molar-refractivity contribution is -0.133. The average Bonchev–Trinajstić information content (AvgIpc) is 3.08. The van der Waals surface area contributed by atoms with Crippen LogP contribution in [0.5, 0.6) is 5.75 Å². The number of rotatable bonds is 4. The summed E-state index contributed by atoms with van der Waals surface area (Å²) in [5.41, 5.74) is 2.76. The first-order chi connectivity index (χ1) is 14.1. The van der Waals surface area contributed by atoms with E-state index >= 15 is 0 Å². The number of carbonyl (C=O) groups excluding carboxylic acids is 2. The lowest BCUT2D eigenvalue weighted by Crippen LogP contribution is -2.51. The fourth-order valence-electron chi connectivity index (χ4n) is 3.89. The van der Waals surface area contributed by atoms with Crippen molar-refractivity contribution in [1.82, 2.24) is 14.4 Å². The lowest BCUT2D eigenvalue weighted by Gasteiger charge is -2.35. The Balaban J connectivity index is 1.39. The van der Waals surface area contributed by atoms with E-state index in [0.717, 1.165) is 16.6 Å². The standard InChI is InChI=1S/C23H25N3O3/c1-17-14-18-6-3-4-9-21(18)26(17)16-22(27)24-10-12-25(13-11-24)23(28)19-7-5-8-20(15-19)29-2/h3-9,14-15H,10-13,16H2,1-2H3. The summed E-state index contributed by atoms with van der Waals surface area (Å²) in [5, 5.41) is 1.14. The number of aromatic nitrogens is 1. The smallest absolute Gasteiger partial charge is 0.254 e. The van der Waals surface area contributed by atoms with Crippen LogP contribution >= 0.6 is 0 Å². The summed E-state index contributed by atoms with van der Waals surface area (Å²) < 4.78 is 7.27. The first-order valence-electron chi connectivity index (χ1n) is 9.83. The Labute approximate surface area is 170 Å². The number of piperazine rings is 1. The van der Waals surface area contributed by atoms with Gasteiger partial charge in [0.25, 0.3) is 5.91 Å². The van der Waals surface area contributed by atoms with Gasteiger partial charge in [-0.15, -0.1) is 0 Å². The third-order valence-corrected chi connectivity index (χ3v) is 5.55. The van der Waals surface area contributed by atoms with Crippen LogP contribution in [0.15, 0.2) is 54.6 Å². The predicted molar refractivity (Wildman–Crippen MR) is 112 cm³/mol. The Bertz CT molecular complexity index is 1050. The zero-order chi connectivity index (χ0) is 20.4. The van der Waals surface area contributed by atoms with Crippen LogP contribution in [0, 0.1) is 6.92 Å². The van der Waals surface area contributed by atoms with Gasteiger partial charge < -0.3 is 19.1 Å². The van der Waals surface area contributed by atoms with Crippen LogP contribution < -0.4 is 4.74 Å². The van der Waals surface area contributed by atoms with E-state index in [4.69, 9.17) is 4.74 Å². The topological polar surface area (TPSA) is 54.8 Å². The number of para-hydroxylation sites is 1. The second-order valence-corrected chi connectivity index (χ2v) is 7.34. The summed E-state index contributed by atoms with van der Waals surface area (Å²) in [6, 6.07) is 17.4. The van der Waals surface area contributed by atoms with E-state index in [2.05, 4.69) is 16.7 Å². The van der Waals surface area contributed by atoms with E-state index in [1.165, 1.54) is 0 Å². The molecule has 1 aliphatic rings. The van der Waals surface area contributed by atoms with Crippen LogP contribution in [0.2, 0.25) is 0 Å². The molecule has 6 nitrogen and oxygen atoms in total. The molecule has 0 N–H and O–H groups in total. The largest absolute Gasteiger partial charge is 0.497 e. The summed E-state index contributed by atoms with van der Waals surface area (Å²) >= 11 is 0. The van der Waals surface area contributed by atoms with Crippen molar-refractivity contribution in [3.8, 4) is 5.75 Å². The van der Waals surface area contributed by atoms with Crippen molar-refractivity contribution in [3.05, 3.63) is 65.9 Å². The molecule has 1 aliphatic heterocycles. The minimum atomic E-state index is -0.0248.